The number of amides is 1. The van der Waals surface area contributed by atoms with Crippen LogP contribution in [0.2, 0.25) is 0 Å². The molecule has 0 unspecified atom stereocenters. The number of aryl methyl sites for hydroxylation is 1. The number of anilines is 1. The third kappa shape index (κ3) is 3.61. The zero-order chi connectivity index (χ0) is 14.5. The van der Waals surface area contributed by atoms with Crippen molar-refractivity contribution in [1.82, 2.24) is 0 Å². The molecule has 0 aliphatic rings. The van der Waals surface area contributed by atoms with E-state index < -0.39 is 0 Å². The fourth-order valence-corrected chi connectivity index (χ4v) is 2.04. The molecule has 0 aliphatic carbocycles. The molecule has 1 N–H and O–H groups in total. The number of nitrogens with one attached hydrogen (secondary N) is 1. The van der Waals surface area contributed by atoms with Crippen LogP contribution in [0.5, 0.6) is 5.75 Å². The van der Waals surface area contributed by atoms with E-state index in [-0.39, 0.29) is 5.91 Å². The molecule has 2 aromatic rings. The van der Waals surface area contributed by atoms with Gasteiger partial charge in [0.2, 0.25) is 0 Å². The quantitative estimate of drug-likeness (QED) is 0.899. The Morgan fingerprint density at radius 3 is 2.50 bits per heavy atom. The lowest BCUT2D eigenvalue weighted by molar-refractivity contribution is 0.102. The molecule has 3 nitrogen and oxygen atoms in total. The Labute approximate surface area is 127 Å². The highest BCUT2D eigenvalue weighted by molar-refractivity contribution is 9.10. The van der Waals surface area contributed by atoms with E-state index in [1.807, 2.05) is 32.0 Å². The maximum atomic E-state index is 12.1. The lowest BCUT2D eigenvalue weighted by Gasteiger charge is -2.08. The minimum Gasteiger partial charge on any atom is -0.494 e. The van der Waals surface area contributed by atoms with E-state index in [0.29, 0.717) is 12.2 Å². The van der Waals surface area contributed by atoms with Crippen molar-refractivity contribution in [1.29, 1.82) is 0 Å². The number of carbonyl (C=O) groups excluding carboxylic acids is 1. The summed E-state index contributed by atoms with van der Waals surface area (Å²) in [5.41, 5.74) is 2.47. The molecule has 20 heavy (non-hydrogen) atoms. The topological polar surface area (TPSA) is 38.3 Å². The summed E-state index contributed by atoms with van der Waals surface area (Å²) in [6.07, 6.45) is 0. The zero-order valence-electron chi connectivity index (χ0n) is 11.4. The van der Waals surface area contributed by atoms with Crippen molar-refractivity contribution in [2.45, 2.75) is 13.8 Å². The fourth-order valence-electron chi connectivity index (χ4n) is 1.79. The Morgan fingerprint density at radius 1 is 1.20 bits per heavy atom. The van der Waals surface area contributed by atoms with Gasteiger partial charge in [0, 0.05) is 15.7 Å². The van der Waals surface area contributed by atoms with E-state index in [2.05, 4.69) is 21.2 Å². The van der Waals surface area contributed by atoms with Crippen LogP contribution in [-0.2, 0) is 0 Å². The monoisotopic (exact) mass is 333 g/mol. The highest BCUT2D eigenvalue weighted by atomic mass is 79.9. The molecule has 0 atom stereocenters. The number of benzene rings is 2. The average Bonchev–Trinajstić information content (AvgIpc) is 2.44. The first-order chi connectivity index (χ1) is 9.60. The van der Waals surface area contributed by atoms with Gasteiger partial charge >= 0.3 is 0 Å². The van der Waals surface area contributed by atoms with Crippen molar-refractivity contribution in [2.24, 2.45) is 0 Å². The standard InChI is InChI=1S/C16H16BrNO2/c1-3-20-14-7-4-12(5-8-14)16(19)18-13-6-9-15(17)11(2)10-13/h4-10H,3H2,1-2H3,(H,18,19). The third-order valence-electron chi connectivity index (χ3n) is 2.84. The molecule has 0 spiro atoms. The van der Waals surface area contributed by atoms with Crippen LogP contribution >= 0.6 is 15.9 Å². The fraction of sp³-hybridized carbons (Fsp3) is 0.188. The second-order valence-corrected chi connectivity index (χ2v) is 5.23. The smallest absolute Gasteiger partial charge is 0.255 e. The molecular weight excluding hydrogens is 318 g/mol. The first-order valence-electron chi connectivity index (χ1n) is 6.40. The van der Waals surface area contributed by atoms with E-state index in [0.717, 1.165) is 21.5 Å². The summed E-state index contributed by atoms with van der Waals surface area (Å²) in [5.74, 6) is 0.637. The molecule has 4 heteroatoms. The predicted molar refractivity (Wildman–Crippen MR) is 84.4 cm³/mol. The molecule has 0 bridgehead atoms. The Bertz CT molecular complexity index is 608. The maximum absolute atomic E-state index is 12.1. The molecule has 0 aliphatic heterocycles. The highest BCUT2D eigenvalue weighted by Gasteiger charge is 2.07. The Kier molecular flexibility index (Phi) is 4.79. The summed E-state index contributed by atoms with van der Waals surface area (Å²) in [5, 5.41) is 2.88. The van der Waals surface area contributed by atoms with Gasteiger partial charge in [-0.25, -0.2) is 0 Å². The number of ether oxygens (including phenoxy) is 1. The second kappa shape index (κ2) is 6.57. The first-order valence-corrected chi connectivity index (χ1v) is 7.20. The average molecular weight is 334 g/mol. The van der Waals surface area contributed by atoms with Gasteiger partial charge in [0.15, 0.2) is 0 Å². The minimum atomic E-state index is -0.130. The van der Waals surface area contributed by atoms with Gasteiger partial charge in [-0.15, -0.1) is 0 Å². The first kappa shape index (κ1) is 14.6. The van der Waals surface area contributed by atoms with Crippen molar-refractivity contribution < 1.29 is 9.53 Å². The summed E-state index contributed by atoms with van der Waals surface area (Å²) in [6, 6.07) is 12.8. The van der Waals surface area contributed by atoms with Gasteiger partial charge in [-0.2, -0.15) is 0 Å². The van der Waals surface area contributed by atoms with E-state index in [1.54, 1.807) is 24.3 Å². The molecule has 0 saturated heterocycles. The van der Waals surface area contributed by atoms with Gasteiger partial charge in [-0.05, 0) is 61.9 Å². The molecular formula is C16H16BrNO2. The third-order valence-corrected chi connectivity index (χ3v) is 3.73. The van der Waals surface area contributed by atoms with Crippen molar-refractivity contribution in [3.8, 4) is 5.75 Å². The summed E-state index contributed by atoms with van der Waals surface area (Å²) in [4.78, 5) is 12.1. The van der Waals surface area contributed by atoms with Crippen LogP contribution in [0, 0.1) is 6.92 Å². The van der Waals surface area contributed by atoms with Crippen LogP contribution in [0.1, 0.15) is 22.8 Å². The zero-order valence-corrected chi connectivity index (χ0v) is 13.0. The minimum absolute atomic E-state index is 0.130. The molecule has 0 radical (unpaired) electrons. The summed E-state index contributed by atoms with van der Waals surface area (Å²) in [7, 11) is 0. The largest absolute Gasteiger partial charge is 0.494 e. The second-order valence-electron chi connectivity index (χ2n) is 4.38. The highest BCUT2D eigenvalue weighted by Crippen LogP contribution is 2.21. The SMILES string of the molecule is CCOc1ccc(C(=O)Nc2ccc(Br)c(C)c2)cc1. The maximum Gasteiger partial charge on any atom is 0.255 e. The van der Waals surface area contributed by atoms with Crippen molar-refractivity contribution in [2.75, 3.05) is 11.9 Å². The number of carbonyl (C=O) groups is 1. The van der Waals surface area contributed by atoms with Gasteiger partial charge in [0.1, 0.15) is 5.75 Å². The Morgan fingerprint density at radius 2 is 1.90 bits per heavy atom. The van der Waals surface area contributed by atoms with Gasteiger partial charge in [-0.3, -0.25) is 4.79 Å². The lowest BCUT2D eigenvalue weighted by Crippen LogP contribution is -2.11. The number of hydrogen-bond donors (Lipinski definition) is 1. The van der Waals surface area contributed by atoms with Gasteiger partial charge in [0.25, 0.3) is 5.91 Å². The molecule has 1 amide bonds. The van der Waals surface area contributed by atoms with Crippen LogP contribution in [0.3, 0.4) is 0 Å². The molecule has 0 aromatic heterocycles. The Hall–Kier alpha value is -1.81. The number of rotatable bonds is 4. The van der Waals surface area contributed by atoms with E-state index in [9.17, 15) is 4.79 Å². The van der Waals surface area contributed by atoms with Gasteiger partial charge in [-0.1, -0.05) is 15.9 Å². The predicted octanol–water partition coefficient (Wildman–Crippen LogP) is 4.41. The molecule has 0 fully saturated rings. The van der Waals surface area contributed by atoms with Crippen LogP contribution < -0.4 is 10.1 Å². The molecule has 0 saturated carbocycles. The van der Waals surface area contributed by atoms with Crippen LogP contribution in [0.25, 0.3) is 0 Å². The summed E-state index contributed by atoms with van der Waals surface area (Å²) >= 11 is 3.44. The summed E-state index contributed by atoms with van der Waals surface area (Å²) < 4.78 is 6.38. The molecule has 0 heterocycles. The number of hydrogen-bond acceptors (Lipinski definition) is 2. The lowest BCUT2D eigenvalue weighted by atomic mass is 10.2. The summed E-state index contributed by atoms with van der Waals surface area (Å²) in [6.45, 7) is 4.52. The van der Waals surface area contributed by atoms with E-state index >= 15 is 0 Å². The van der Waals surface area contributed by atoms with Crippen LogP contribution in [0.15, 0.2) is 46.9 Å². The van der Waals surface area contributed by atoms with Crippen LogP contribution in [0.4, 0.5) is 5.69 Å². The van der Waals surface area contributed by atoms with E-state index in [1.165, 1.54) is 0 Å². The van der Waals surface area contributed by atoms with Crippen molar-refractivity contribution >= 4 is 27.5 Å². The molecule has 2 aromatic carbocycles. The normalized spacial score (nSPS) is 10.2. The van der Waals surface area contributed by atoms with E-state index in [4.69, 9.17) is 4.74 Å². The Balaban J connectivity index is 2.09. The van der Waals surface area contributed by atoms with Gasteiger partial charge in [0.05, 0.1) is 6.61 Å². The molecule has 104 valence electrons. The van der Waals surface area contributed by atoms with Crippen molar-refractivity contribution in [3.05, 3.63) is 58.1 Å². The number of halogens is 1. The van der Waals surface area contributed by atoms with Crippen LogP contribution in [-0.4, -0.2) is 12.5 Å². The van der Waals surface area contributed by atoms with Gasteiger partial charge < -0.3 is 10.1 Å². The van der Waals surface area contributed by atoms with Crippen molar-refractivity contribution in [3.63, 3.8) is 0 Å². The molecule has 2 rings (SSSR count).